The van der Waals surface area contributed by atoms with Gasteiger partial charge in [0.25, 0.3) is 0 Å². The van der Waals surface area contributed by atoms with Crippen molar-refractivity contribution in [2.45, 2.75) is 27.2 Å². The van der Waals surface area contributed by atoms with E-state index in [4.69, 9.17) is 5.73 Å². The second-order valence-electron chi connectivity index (χ2n) is 4.15. The van der Waals surface area contributed by atoms with Gasteiger partial charge in [-0.3, -0.25) is 4.99 Å². The van der Waals surface area contributed by atoms with Gasteiger partial charge < -0.3 is 10.6 Å². The van der Waals surface area contributed by atoms with Gasteiger partial charge in [-0.1, -0.05) is 29.8 Å². The number of guanidine groups is 1. The molecule has 0 amide bonds. The summed E-state index contributed by atoms with van der Waals surface area (Å²) in [4.78, 5) is 6.47. The maximum Gasteiger partial charge on any atom is 0.191 e. The predicted molar refractivity (Wildman–Crippen MR) is 74.3 cm³/mol. The molecular formula is C14H23N3. The Kier molecular flexibility index (Phi) is 5.53. The third-order valence-corrected chi connectivity index (χ3v) is 2.88. The molecule has 3 nitrogen and oxygen atoms in total. The minimum absolute atomic E-state index is 0.655. The van der Waals surface area contributed by atoms with E-state index in [0.717, 1.165) is 26.1 Å². The quantitative estimate of drug-likeness (QED) is 0.625. The molecule has 1 aromatic carbocycles. The lowest BCUT2D eigenvalue weighted by Crippen LogP contribution is -2.37. The molecule has 0 unspecified atom stereocenters. The molecule has 0 saturated heterocycles. The van der Waals surface area contributed by atoms with Crippen LogP contribution in [-0.2, 0) is 6.42 Å². The van der Waals surface area contributed by atoms with Crippen molar-refractivity contribution in [3.8, 4) is 0 Å². The largest absolute Gasteiger partial charge is 0.370 e. The highest BCUT2D eigenvalue weighted by Crippen LogP contribution is 2.03. The third kappa shape index (κ3) is 4.47. The standard InChI is InChI=1S/C14H23N3/c1-4-17(5-2)14(15)16-11-10-13-8-6-12(3)7-9-13/h6-9H,4-5,10-11H2,1-3H3,(H2,15,16). The third-order valence-electron chi connectivity index (χ3n) is 2.88. The summed E-state index contributed by atoms with van der Waals surface area (Å²) < 4.78 is 0. The minimum atomic E-state index is 0.655. The topological polar surface area (TPSA) is 41.6 Å². The lowest BCUT2D eigenvalue weighted by Gasteiger charge is -2.19. The van der Waals surface area contributed by atoms with Crippen molar-refractivity contribution in [3.05, 3.63) is 35.4 Å². The van der Waals surface area contributed by atoms with Crippen LogP contribution in [0.15, 0.2) is 29.3 Å². The fraction of sp³-hybridized carbons (Fsp3) is 0.500. The van der Waals surface area contributed by atoms with Gasteiger partial charge in [0.1, 0.15) is 0 Å². The maximum atomic E-state index is 5.90. The average molecular weight is 233 g/mol. The number of aryl methyl sites for hydroxylation is 1. The van der Waals surface area contributed by atoms with Gasteiger partial charge in [0.05, 0.1) is 0 Å². The van der Waals surface area contributed by atoms with Gasteiger partial charge >= 0.3 is 0 Å². The number of hydrogen-bond acceptors (Lipinski definition) is 1. The Hall–Kier alpha value is -1.51. The molecule has 0 atom stereocenters. The van der Waals surface area contributed by atoms with Crippen LogP contribution in [-0.4, -0.2) is 30.5 Å². The first-order valence-electron chi connectivity index (χ1n) is 6.27. The second kappa shape index (κ2) is 6.94. The van der Waals surface area contributed by atoms with Crippen LogP contribution in [0.5, 0.6) is 0 Å². The Morgan fingerprint density at radius 3 is 2.29 bits per heavy atom. The van der Waals surface area contributed by atoms with Gasteiger partial charge in [-0.15, -0.1) is 0 Å². The molecule has 0 heterocycles. The number of hydrogen-bond donors (Lipinski definition) is 1. The van der Waals surface area contributed by atoms with Crippen molar-refractivity contribution in [1.82, 2.24) is 4.90 Å². The molecule has 0 bridgehead atoms. The Morgan fingerprint density at radius 1 is 1.18 bits per heavy atom. The zero-order valence-corrected chi connectivity index (χ0v) is 11.1. The molecule has 1 aromatic rings. The molecule has 0 radical (unpaired) electrons. The van der Waals surface area contributed by atoms with Gasteiger partial charge in [-0.05, 0) is 32.8 Å². The molecule has 0 aliphatic rings. The van der Waals surface area contributed by atoms with E-state index < -0.39 is 0 Å². The molecule has 94 valence electrons. The van der Waals surface area contributed by atoms with Gasteiger partial charge in [0.2, 0.25) is 0 Å². The van der Waals surface area contributed by atoms with E-state index in [-0.39, 0.29) is 0 Å². The Morgan fingerprint density at radius 2 is 1.76 bits per heavy atom. The summed E-state index contributed by atoms with van der Waals surface area (Å²) >= 11 is 0. The van der Waals surface area contributed by atoms with E-state index in [9.17, 15) is 0 Å². The SMILES string of the molecule is CCN(CC)C(N)=NCCc1ccc(C)cc1. The van der Waals surface area contributed by atoms with Crippen molar-refractivity contribution in [3.63, 3.8) is 0 Å². The monoisotopic (exact) mass is 233 g/mol. The molecule has 0 aromatic heterocycles. The summed E-state index contributed by atoms with van der Waals surface area (Å²) in [5.74, 6) is 0.655. The fourth-order valence-electron chi connectivity index (χ4n) is 1.70. The van der Waals surface area contributed by atoms with Crippen LogP contribution in [0.25, 0.3) is 0 Å². The number of nitrogens with zero attached hydrogens (tertiary/aromatic N) is 2. The predicted octanol–water partition coefficient (Wildman–Crippen LogP) is 2.19. The average Bonchev–Trinajstić information content (AvgIpc) is 2.33. The molecular weight excluding hydrogens is 210 g/mol. The highest BCUT2D eigenvalue weighted by Gasteiger charge is 2.01. The number of rotatable bonds is 5. The fourth-order valence-corrected chi connectivity index (χ4v) is 1.70. The molecule has 2 N–H and O–H groups in total. The molecule has 0 saturated carbocycles. The number of benzene rings is 1. The molecule has 3 heteroatoms. The van der Waals surface area contributed by atoms with Crippen molar-refractivity contribution in [2.24, 2.45) is 10.7 Å². The molecule has 0 fully saturated rings. The second-order valence-corrected chi connectivity index (χ2v) is 4.15. The van der Waals surface area contributed by atoms with Gasteiger partial charge in [-0.2, -0.15) is 0 Å². The molecule has 1 rings (SSSR count). The van der Waals surface area contributed by atoms with Gasteiger partial charge in [-0.25, -0.2) is 0 Å². The van der Waals surface area contributed by atoms with Crippen LogP contribution >= 0.6 is 0 Å². The smallest absolute Gasteiger partial charge is 0.191 e. The van der Waals surface area contributed by atoms with Crippen molar-refractivity contribution in [2.75, 3.05) is 19.6 Å². The van der Waals surface area contributed by atoms with E-state index >= 15 is 0 Å². The summed E-state index contributed by atoms with van der Waals surface area (Å²) in [5.41, 5.74) is 8.51. The lowest BCUT2D eigenvalue weighted by molar-refractivity contribution is 0.458. The van der Waals surface area contributed by atoms with E-state index in [0.29, 0.717) is 5.96 Å². The van der Waals surface area contributed by atoms with Crippen LogP contribution in [0, 0.1) is 6.92 Å². The number of nitrogens with two attached hydrogens (primary N) is 1. The maximum absolute atomic E-state index is 5.90. The normalized spacial score (nSPS) is 11.6. The summed E-state index contributed by atoms with van der Waals surface area (Å²) in [7, 11) is 0. The first-order chi connectivity index (χ1) is 8.17. The Bertz CT molecular complexity index is 350. The first kappa shape index (κ1) is 13.6. The highest BCUT2D eigenvalue weighted by molar-refractivity contribution is 5.77. The lowest BCUT2D eigenvalue weighted by atomic mass is 10.1. The molecule has 0 spiro atoms. The zero-order chi connectivity index (χ0) is 12.7. The molecule has 17 heavy (non-hydrogen) atoms. The summed E-state index contributed by atoms with van der Waals surface area (Å²) in [6.07, 6.45) is 0.947. The van der Waals surface area contributed by atoms with Gasteiger partial charge in [0.15, 0.2) is 5.96 Å². The van der Waals surface area contributed by atoms with Crippen LogP contribution in [0.3, 0.4) is 0 Å². The van der Waals surface area contributed by atoms with E-state index in [1.165, 1.54) is 11.1 Å². The van der Waals surface area contributed by atoms with Crippen molar-refractivity contribution in [1.29, 1.82) is 0 Å². The van der Waals surface area contributed by atoms with E-state index in [2.05, 4.69) is 54.9 Å². The highest BCUT2D eigenvalue weighted by atomic mass is 15.2. The number of aliphatic imine (C=N–C) groups is 1. The van der Waals surface area contributed by atoms with Crippen molar-refractivity contribution < 1.29 is 0 Å². The summed E-state index contributed by atoms with van der Waals surface area (Å²) in [5, 5.41) is 0. The van der Waals surface area contributed by atoms with E-state index in [1.807, 2.05) is 0 Å². The summed E-state index contributed by atoms with van der Waals surface area (Å²) in [6, 6.07) is 8.57. The first-order valence-corrected chi connectivity index (χ1v) is 6.27. The van der Waals surface area contributed by atoms with Gasteiger partial charge in [0, 0.05) is 19.6 Å². The Balaban J connectivity index is 2.46. The van der Waals surface area contributed by atoms with Crippen LogP contribution in [0.2, 0.25) is 0 Å². The van der Waals surface area contributed by atoms with Crippen LogP contribution < -0.4 is 5.73 Å². The van der Waals surface area contributed by atoms with Crippen molar-refractivity contribution >= 4 is 5.96 Å². The van der Waals surface area contributed by atoms with Crippen LogP contribution in [0.1, 0.15) is 25.0 Å². The minimum Gasteiger partial charge on any atom is -0.370 e. The van der Waals surface area contributed by atoms with E-state index in [1.54, 1.807) is 0 Å². The Labute approximate surface area is 104 Å². The van der Waals surface area contributed by atoms with Crippen LogP contribution in [0.4, 0.5) is 0 Å². The zero-order valence-electron chi connectivity index (χ0n) is 11.1. The molecule has 0 aliphatic carbocycles. The molecule has 0 aliphatic heterocycles. The summed E-state index contributed by atoms with van der Waals surface area (Å²) in [6.45, 7) is 8.86.